The summed E-state index contributed by atoms with van der Waals surface area (Å²) >= 11 is 1.93. The van der Waals surface area contributed by atoms with Crippen molar-refractivity contribution < 1.29 is 4.74 Å². The number of hydrogen-bond acceptors (Lipinski definition) is 4. The first-order valence-electron chi connectivity index (χ1n) is 10.3. The van der Waals surface area contributed by atoms with Gasteiger partial charge in [-0.2, -0.15) is 0 Å². The molecule has 0 atom stereocenters. The molecule has 1 fully saturated rings. The van der Waals surface area contributed by atoms with Gasteiger partial charge in [-0.25, -0.2) is 4.98 Å². The Morgan fingerprint density at radius 2 is 2.19 bits per heavy atom. The highest BCUT2D eigenvalue weighted by Gasteiger charge is 2.21. The fourth-order valence-corrected chi connectivity index (χ4v) is 4.44. The van der Waals surface area contributed by atoms with E-state index >= 15 is 0 Å². The largest absolute Gasteiger partial charge is 0.379 e. The van der Waals surface area contributed by atoms with Crippen LogP contribution in [0.15, 0.2) is 4.99 Å². The Kier molecular flexibility index (Phi) is 7.74. The molecule has 1 aromatic heterocycles. The van der Waals surface area contributed by atoms with E-state index in [1.165, 1.54) is 54.1 Å². The van der Waals surface area contributed by atoms with Gasteiger partial charge < -0.3 is 15.0 Å². The van der Waals surface area contributed by atoms with Crippen molar-refractivity contribution in [1.82, 2.24) is 15.2 Å². The maximum Gasteiger partial charge on any atom is 0.193 e. The van der Waals surface area contributed by atoms with Crippen molar-refractivity contribution in [1.29, 1.82) is 0 Å². The van der Waals surface area contributed by atoms with Crippen molar-refractivity contribution in [3.63, 3.8) is 0 Å². The lowest BCUT2D eigenvalue weighted by molar-refractivity contribution is 0.115. The third kappa shape index (κ3) is 6.23. The summed E-state index contributed by atoms with van der Waals surface area (Å²) in [5, 5.41) is 4.69. The quantitative estimate of drug-likeness (QED) is 0.386. The maximum atomic E-state index is 5.75. The smallest absolute Gasteiger partial charge is 0.193 e. The molecule has 1 saturated carbocycles. The summed E-state index contributed by atoms with van der Waals surface area (Å²) in [5.74, 6) is 1.82. The van der Waals surface area contributed by atoms with E-state index in [4.69, 9.17) is 14.7 Å². The number of aryl methyl sites for hydroxylation is 3. The molecule has 0 saturated heterocycles. The average Bonchev–Trinajstić information content (AvgIpc) is 3.38. The minimum absolute atomic E-state index is 0.780. The monoisotopic (exact) mass is 378 g/mol. The van der Waals surface area contributed by atoms with Crippen LogP contribution < -0.4 is 5.32 Å². The van der Waals surface area contributed by atoms with Crippen LogP contribution in [0.5, 0.6) is 0 Å². The van der Waals surface area contributed by atoms with Gasteiger partial charge in [-0.1, -0.05) is 0 Å². The van der Waals surface area contributed by atoms with Crippen molar-refractivity contribution in [2.75, 3.05) is 39.9 Å². The van der Waals surface area contributed by atoms with Gasteiger partial charge in [0.2, 0.25) is 0 Å². The maximum absolute atomic E-state index is 5.75. The van der Waals surface area contributed by atoms with E-state index in [9.17, 15) is 0 Å². The van der Waals surface area contributed by atoms with E-state index in [-0.39, 0.29) is 0 Å². The van der Waals surface area contributed by atoms with E-state index in [0.717, 1.165) is 57.6 Å². The summed E-state index contributed by atoms with van der Waals surface area (Å²) in [6.45, 7) is 6.46. The summed E-state index contributed by atoms with van der Waals surface area (Å²) in [4.78, 5) is 13.3. The van der Waals surface area contributed by atoms with E-state index in [1.54, 1.807) is 0 Å². The SMILES string of the molecule is CCNC(=NCCCc1nc2c(s1)CCCC2)N(C)CCOCC1CC1. The zero-order valence-corrected chi connectivity index (χ0v) is 17.2. The van der Waals surface area contributed by atoms with Gasteiger partial charge in [-0.15, -0.1) is 11.3 Å². The number of fused-ring (bicyclic) bond motifs is 1. The molecule has 0 amide bonds. The van der Waals surface area contributed by atoms with Gasteiger partial charge in [-0.05, 0) is 57.8 Å². The Morgan fingerprint density at radius 1 is 1.35 bits per heavy atom. The highest BCUT2D eigenvalue weighted by Crippen LogP contribution is 2.28. The Morgan fingerprint density at radius 3 is 2.96 bits per heavy atom. The van der Waals surface area contributed by atoms with Crippen LogP contribution >= 0.6 is 11.3 Å². The Hall–Kier alpha value is -1.14. The van der Waals surface area contributed by atoms with Crippen LogP contribution in [0, 0.1) is 5.92 Å². The molecule has 0 unspecified atom stereocenters. The number of thiazole rings is 1. The molecule has 0 aliphatic heterocycles. The number of likely N-dealkylation sites (N-methyl/N-ethyl adjacent to an activating group) is 1. The first-order chi connectivity index (χ1) is 12.8. The highest BCUT2D eigenvalue weighted by molar-refractivity contribution is 7.11. The molecular formula is C20H34N4OS. The summed E-state index contributed by atoms with van der Waals surface area (Å²) in [6.07, 6.45) is 9.88. The number of aromatic nitrogens is 1. The highest BCUT2D eigenvalue weighted by atomic mass is 32.1. The van der Waals surface area contributed by atoms with E-state index in [2.05, 4.69) is 24.2 Å². The first kappa shape index (κ1) is 19.6. The Bertz CT molecular complexity index is 559. The van der Waals surface area contributed by atoms with Gasteiger partial charge >= 0.3 is 0 Å². The summed E-state index contributed by atoms with van der Waals surface area (Å²) in [6, 6.07) is 0. The normalized spacial score (nSPS) is 17.2. The second kappa shape index (κ2) is 10.3. The molecule has 0 aromatic carbocycles. The molecule has 2 aliphatic carbocycles. The van der Waals surface area contributed by atoms with Crippen LogP contribution in [-0.4, -0.2) is 55.7 Å². The molecule has 0 spiro atoms. The number of nitrogens with zero attached hydrogens (tertiary/aromatic N) is 3. The fraction of sp³-hybridized carbons (Fsp3) is 0.800. The van der Waals surface area contributed by atoms with Crippen molar-refractivity contribution in [2.45, 2.75) is 58.3 Å². The van der Waals surface area contributed by atoms with Crippen molar-refractivity contribution in [3.05, 3.63) is 15.6 Å². The van der Waals surface area contributed by atoms with Gasteiger partial charge in [0.15, 0.2) is 5.96 Å². The minimum atomic E-state index is 0.780. The summed E-state index contributed by atoms with van der Waals surface area (Å²) in [7, 11) is 2.09. The Balaban J connectivity index is 1.38. The zero-order chi connectivity index (χ0) is 18.2. The number of nitrogens with one attached hydrogen (secondary N) is 1. The predicted octanol–water partition coefficient (Wildman–Crippen LogP) is 3.28. The van der Waals surface area contributed by atoms with Crippen molar-refractivity contribution in [3.8, 4) is 0 Å². The molecule has 2 aliphatic rings. The van der Waals surface area contributed by atoms with E-state index in [0.29, 0.717) is 0 Å². The van der Waals surface area contributed by atoms with Crippen LogP contribution in [0.25, 0.3) is 0 Å². The van der Waals surface area contributed by atoms with Crippen LogP contribution in [0.3, 0.4) is 0 Å². The molecule has 26 heavy (non-hydrogen) atoms. The third-order valence-electron chi connectivity index (χ3n) is 5.02. The number of rotatable bonds is 10. The average molecular weight is 379 g/mol. The molecule has 146 valence electrons. The summed E-state index contributed by atoms with van der Waals surface area (Å²) in [5.41, 5.74) is 1.37. The van der Waals surface area contributed by atoms with Gasteiger partial charge in [-0.3, -0.25) is 4.99 Å². The first-order valence-corrected chi connectivity index (χ1v) is 11.1. The number of ether oxygens (including phenoxy) is 1. The second-order valence-corrected chi connectivity index (χ2v) is 8.63. The predicted molar refractivity (Wildman–Crippen MR) is 109 cm³/mol. The van der Waals surface area contributed by atoms with Gasteiger partial charge in [0, 0.05) is 44.6 Å². The van der Waals surface area contributed by atoms with Crippen LogP contribution in [0.4, 0.5) is 0 Å². The molecule has 0 radical (unpaired) electrons. The fourth-order valence-electron chi connectivity index (χ4n) is 3.24. The zero-order valence-electron chi connectivity index (χ0n) is 16.4. The number of guanidine groups is 1. The molecular weight excluding hydrogens is 344 g/mol. The third-order valence-corrected chi connectivity index (χ3v) is 6.24. The lowest BCUT2D eigenvalue weighted by Gasteiger charge is -2.22. The lowest BCUT2D eigenvalue weighted by atomic mass is 10.0. The molecule has 6 heteroatoms. The second-order valence-electron chi connectivity index (χ2n) is 7.46. The van der Waals surface area contributed by atoms with Crippen molar-refractivity contribution >= 4 is 17.3 Å². The standard InChI is InChI=1S/C20H34N4OS/c1-3-21-20(24(2)13-14-25-15-16-10-11-16)22-12-6-9-19-23-17-7-4-5-8-18(17)26-19/h16H,3-15H2,1-2H3,(H,21,22). The molecule has 3 rings (SSSR count). The van der Waals surface area contributed by atoms with E-state index in [1.807, 2.05) is 11.3 Å². The van der Waals surface area contributed by atoms with Gasteiger partial charge in [0.1, 0.15) is 0 Å². The molecule has 1 aromatic rings. The minimum Gasteiger partial charge on any atom is -0.379 e. The number of aliphatic imine (C=N–C) groups is 1. The van der Waals surface area contributed by atoms with Gasteiger partial charge in [0.25, 0.3) is 0 Å². The van der Waals surface area contributed by atoms with Crippen LogP contribution in [0.1, 0.15) is 54.6 Å². The van der Waals surface area contributed by atoms with Crippen molar-refractivity contribution in [2.24, 2.45) is 10.9 Å². The molecule has 1 N–H and O–H groups in total. The van der Waals surface area contributed by atoms with E-state index < -0.39 is 0 Å². The topological polar surface area (TPSA) is 49.8 Å². The molecule has 0 bridgehead atoms. The lowest BCUT2D eigenvalue weighted by Crippen LogP contribution is -2.40. The van der Waals surface area contributed by atoms with Gasteiger partial charge in [0.05, 0.1) is 17.3 Å². The van der Waals surface area contributed by atoms with Crippen LogP contribution in [0.2, 0.25) is 0 Å². The summed E-state index contributed by atoms with van der Waals surface area (Å²) < 4.78 is 5.75. The Labute approximate surface area is 162 Å². The van der Waals surface area contributed by atoms with Crippen LogP contribution in [-0.2, 0) is 24.0 Å². The molecule has 5 nitrogen and oxygen atoms in total. The molecule has 1 heterocycles. The number of hydrogen-bond donors (Lipinski definition) is 1.